The molecule has 0 unspecified atom stereocenters. The van der Waals surface area contributed by atoms with Crippen LogP contribution in [0.3, 0.4) is 0 Å². The van der Waals surface area contributed by atoms with Gasteiger partial charge in [-0.2, -0.15) is 0 Å². The van der Waals surface area contributed by atoms with Gasteiger partial charge in [0, 0.05) is 21.7 Å². The van der Waals surface area contributed by atoms with E-state index in [-0.39, 0.29) is 18.4 Å². The molecule has 0 saturated heterocycles. The molecule has 0 aromatic heterocycles. The number of likely N-dealkylation sites (N-methyl/N-ethyl adjacent to an activating group) is 1. The molecule has 0 spiro atoms. The summed E-state index contributed by atoms with van der Waals surface area (Å²) in [5, 5.41) is 3.38. The van der Waals surface area contributed by atoms with Crippen LogP contribution in [-0.2, 0) is 16.1 Å². The molecule has 0 bridgehead atoms. The number of nitrogens with zero attached hydrogens (tertiary/aromatic N) is 1. The molecule has 27 heavy (non-hydrogen) atoms. The predicted molar refractivity (Wildman–Crippen MR) is 115 cm³/mol. The van der Waals surface area contributed by atoms with Gasteiger partial charge >= 0.3 is 0 Å². The van der Waals surface area contributed by atoms with E-state index in [1.807, 2.05) is 43.3 Å². The fourth-order valence-electron chi connectivity index (χ4n) is 2.45. The van der Waals surface area contributed by atoms with Gasteiger partial charge in [-0.15, -0.1) is 0 Å². The third kappa shape index (κ3) is 6.70. The number of halogens is 2. The van der Waals surface area contributed by atoms with E-state index in [1.54, 1.807) is 19.1 Å². The molecule has 0 aliphatic rings. The Labute approximate surface area is 178 Å². The first-order valence-electron chi connectivity index (χ1n) is 8.60. The van der Waals surface area contributed by atoms with E-state index in [1.165, 1.54) is 4.90 Å². The maximum absolute atomic E-state index is 12.8. The molecule has 0 radical (unpaired) electrons. The summed E-state index contributed by atoms with van der Waals surface area (Å²) >= 11 is 8.13. The van der Waals surface area contributed by atoms with Crippen molar-refractivity contribution >= 4 is 46.0 Å². The molecule has 1 atom stereocenters. The minimum absolute atomic E-state index is 0.141. The number of hydrogen-bond donors (Lipinski definition) is 1. The molecule has 2 amide bonds. The fourth-order valence-corrected chi connectivity index (χ4v) is 2.94. The first-order valence-corrected chi connectivity index (χ1v) is 10.1. The number of carbonyl (C=O) groups is 2. The Kier molecular flexibility index (Phi) is 8.37. The standard InChI is InChI=1S/C20H22ClIN2O3/c1-3-23-20(26)14(2)24(12-15-4-6-16(21)7-5-15)19(25)13-27-18-10-8-17(22)9-11-18/h4-11,14H,3,12-13H2,1-2H3,(H,23,26)/t14-/m1/s1. The zero-order valence-corrected chi connectivity index (χ0v) is 18.2. The number of hydrogen-bond acceptors (Lipinski definition) is 3. The minimum Gasteiger partial charge on any atom is -0.484 e. The predicted octanol–water partition coefficient (Wildman–Crippen LogP) is 3.88. The van der Waals surface area contributed by atoms with Gasteiger partial charge < -0.3 is 15.0 Å². The van der Waals surface area contributed by atoms with Crippen LogP contribution < -0.4 is 10.1 Å². The molecule has 0 aliphatic heterocycles. The molecule has 2 aromatic carbocycles. The Morgan fingerprint density at radius 3 is 2.37 bits per heavy atom. The van der Waals surface area contributed by atoms with Crippen molar-refractivity contribution in [2.75, 3.05) is 13.2 Å². The van der Waals surface area contributed by atoms with Gasteiger partial charge in [-0.1, -0.05) is 23.7 Å². The van der Waals surface area contributed by atoms with Gasteiger partial charge in [0.1, 0.15) is 11.8 Å². The van der Waals surface area contributed by atoms with Crippen molar-refractivity contribution in [3.8, 4) is 5.75 Å². The highest BCUT2D eigenvalue weighted by Gasteiger charge is 2.26. The van der Waals surface area contributed by atoms with Crippen molar-refractivity contribution in [1.29, 1.82) is 0 Å². The Balaban J connectivity index is 2.11. The van der Waals surface area contributed by atoms with Crippen LogP contribution in [0.25, 0.3) is 0 Å². The Morgan fingerprint density at radius 2 is 1.78 bits per heavy atom. The second-order valence-corrected chi connectivity index (χ2v) is 7.64. The Bertz CT molecular complexity index is 766. The average Bonchev–Trinajstić information content (AvgIpc) is 2.66. The normalized spacial score (nSPS) is 11.6. The second-order valence-electron chi connectivity index (χ2n) is 5.96. The van der Waals surface area contributed by atoms with Crippen LogP contribution in [-0.4, -0.2) is 35.9 Å². The smallest absolute Gasteiger partial charge is 0.261 e. The summed E-state index contributed by atoms with van der Waals surface area (Å²) in [6.07, 6.45) is 0. The summed E-state index contributed by atoms with van der Waals surface area (Å²) in [6, 6.07) is 14.0. The van der Waals surface area contributed by atoms with Gasteiger partial charge in [-0.25, -0.2) is 0 Å². The summed E-state index contributed by atoms with van der Waals surface area (Å²) < 4.78 is 6.69. The van der Waals surface area contributed by atoms with Crippen LogP contribution in [0.15, 0.2) is 48.5 Å². The first-order chi connectivity index (χ1) is 12.9. The lowest BCUT2D eigenvalue weighted by molar-refractivity contribution is -0.142. The molecule has 0 aliphatic carbocycles. The number of nitrogens with one attached hydrogen (secondary N) is 1. The topological polar surface area (TPSA) is 58.6 Å². The lowest BCUT2D eigenvalue weighted by atomic mass is 10.1. The lowest BCUT2D eigenvalue weighted by Gasteiger charge is -2.28. The zero-order valence-electron chi connectivity index (χ0n) is 15.2. The van der Waals surface area contributed by atoms with Gasteiger partial charge in [0.25, 0.3) is 5.91 Å². The summed E-state index contributed by atoms with van der Waals surface area (Å²) in [4.78, 5) is 26.6. The van der Waals surface area contributed by atoms with E-state index in [9.17, 15) is 9.59 Å². The second kappa shape index (κ2) is 10.5. The van der Waals surface area contributed by atoms with Crippen molar-refractivity contribution in [3.63, 3.8) is 0 Å². The maximum Gasteiger partial charge on any atom is 0.261 e. The number of ether oxygens (including phenoxy) is 1. The molecule has 0 heterocycles. The summed E-state index contributed by atoms with van der Waals surface area (Å²) in [5.74, 6) is 0.150. The van der Waals surface area contributed by atoms with Crippen molar-refractivity contribution in [3.05, 3.63) is 62.7 Å². The van der Waals surface area contributed by atoms with E-state index in [2.05, 4.69) is 27.9 Å². The largest absolute Gasteiger partial charge is 0.484 e. The molecule has 0 saturated carbocycles. The van der Waals surface area contributed by atoms with Crippen LogP contribution in [0, 0.1) is 3.57 Å². The quantitative estimate of drug-likeness (QED) is 0.560. The number of carbonyl (C=O) groups excluding carboxylic acids is 2. The van der Waals surface area contributed by atoms with Crippen LogP contribution in [0.5, 0.6) is 5.75 Å². The van der Waals surface area contributed by atoms with Crippen molar-refractivity contribution in [2.45, 2.75) is 26.4 Å². The highest BCUT2D eigenvalue weighted by Crippen LogP contribution is 2.16. The Hall–Kier alpha value is -1.80. The molecule has 1 N–H and O–H groups in total. The highest BCUT2D eigenvalue weighted by atomic mass is 127. The maximum atomic E-state index is 12.8. The van der Waals surface area contributed by atoms with E-state index >= 15 is 0 Å². The van der Waals surface area contributed by atoms with E-state index in [0.717, 1.165) is 9.13 Å². The van der Waals surface area contributed by atoms with E-state index in [4.69, 9.17) is 16.3 Å². The van der Waals surface area contributed by atoms with Crippen molar-refractivity contribution < 1.29 is 14.3 Å². The van der Waals surface area contributed by atoms with Crippen molar-refractivity contribution in [2.24, 2.45) is 0 Å². The van der Waals surface area contributed by atoms with Crippen molar-refractivity contribution in [1.82, 2.24) is 10.2 Å². The summed E-state index contributed by atoms with van der Waals surface area (Å²) in [7, 11) is 0. The number of rotatable bonds is 8. The van der Waals surface area contributed by atoms with Gasteiger partial charge in [-0.3, -0.25) is 9.59 Å². The Morgan fingerprint density at radius 1 is 1.15 bits per heavy atom. The van der Waals surface area contributed by atoms with Gasteiger partial charge in [-0.05, 0) is 78.4 Å². The third-order valence-corrected chi connectivity index (χ3v) is 4.93. The molecule has 0 fully saturated rings. The minimum atomic E-state index is -0.617. The fraction of sp³-hybridized carbons (Fsp3) is 0.300. The molecule has 2 rings (SSSR count). The molecule has 7 heteroatoms. The van der Waals surface area contributed by atoms with Crippen LogP contribution in [0.4, 0.5) is 0 Å². The van der Waals surface area contributed by atoms with Gasteiger partial charge in [0.05, 0.1) is 0 Å². The summed E-state index contributed by atoms with van der Waals surface area (Å²) in [5.41, 5.74) is 0.887. The molecule has 5 nitrogen and oxygen atoms in total. The van der Waals surface area contributed by atoms with Crippen LogP contribution >= 0.6 is 34.2 Å². The monoisotopic (exact) mass is 500 g/mol. The molecule has 144 valence electrons. The highest BCUT2D eigenvalue weighted by molar-refractivity contribution is 14.1. The van der Waals surface area contributed by atoms with E-state index in [0.29, 0.717) is 23.9 Å². The molecular formula is C20H22ClIN2O3. The molecule has 2 aromatic rings. The lowest BCUT2D eigenvalue weighted by Crippen LogP contribution is -2.49. The van der Waals surface area contributed by atoms with Crippen LogP contribution in [0.1, 0.15) is 19.4 Å². The number of benzene rings is 2. The average molecular weight is 501 g/mol. The van der Waals surface area contributed by atoms with Gasteiger partial charge in [0.15, 0.2) is 6.61 Å². The van der Waals surface area contributed by atoms with E-state index < -0.39 is 6.04 Å². The third-order valence-electron chi connectivity index (χ3n) is 3.96. The van der Waals surface area contributed by atoms with Crippen LogP contribution in [0.2, 0.25) is 5.02 Å². The SMILES string of the molecule is CCNC(=O)[C@@H](C)N(Cc1ccc(Cl)cc1)C(=O)COc1ccc(I)cc1. The molecular weight excluding hydrogens is 479 g/mol. The zero-order chi connectivity index (χ0) is 19.8. The summed E-state index contributed by atoms with van der Waals surface area (Å²) in [6.45, 7) is 4.22. The van der Waals surface area contributed by atoms with Gasteiger partial charge in [0.2, 0.25) is 5.91 Å². The first kappa shape index (κ1) is 21.5. The number of amides is 2.